The van der Waals surface area contributed by atoms with E-state index in [2.05, 4.69) is 5.92 Å². The zero-order valence-corrected chi connectivity index (χ0v) is 21.1. The van der Waals surface area contributed by atoms with E-state index in [4.69, 9.17) is 27.5 Å². The number of ether oxygens (including phenoxy) is 2. The van der Waals surface area contributed by atoms with Crippen molar-refractivity contribution < 1.29 is 33.0 Å². The molecule has 3 amide bonds. The number of anilines is 2. The van der Waals surface area contributed by atoms with Crippen molar-refractivity contribution in [3.05, 3.63) is 65.0 Å². The maximum atomic E-state index is 15.3. The lowest BCUT2D eigenvalue weighted by atomic mass is 9.90. The number of nitrogens with zero attached hydrogens (tertiary/aromatic N) is 2. The maximum Gasteiger partial charge on any atom is 0.334 e. The summed E-state index contributed by atoms with van der Waals surface area (Å²) in [7, 11) is 0. The highest BCUT2D eigenvalue weighted by Crippen LogP contribution is 2.39. The van der Waals surface area contributed by atoms with E-state index in [1.165, 1.54) is 4.90 Å². The number of alkyl halides is 1. The number of esters is 1. The zero-order valence-electron chi connectivity index (χ0n) is 20.4. The van der Waals surface area contributed by atoms with Gasteiger partial charge in [-0.25, -0.2) is 14.1 Å². The number of fused-ring (bicyclic) bond motifs is 1. The van der Waals surface area contributed by atoms with Crippen LogP contribution in [0.25, 0.3) is 0 Å². The molecule has 0 radical (unpaired) electrons. The molecule has 2 aromatic rings. The van der Waals surface area contributed by atoms with Crippen LogP contribution in [0.2, 0.25) is 0 Å². The van der Waals surface area contributed by atoms with Crippen molar-refractivity contribution >= 4 is 46.7 Å². The van der Waals surface area contributed by atoms with Crippen LogP contribution in [-0.2, 0) is 30.5 Å². The van der Waals surface area contributed by atoms with Gasteiger partial charge in [-0.3, -0.25) is 19.3 Å². The van der Waals surface area contributed by atoms with E-state index >= 15 is 4.39 Å². The number of terminal acetylenes is 1. The number of hydrogen-bond donors (Lipinski definition) is 0. The predicted molar refractivity (Wildman–Crippen MR) is 138 cm³/mol. The second kappa shape index (κ2) is 11.9. The van der Waals surface area contributed by atoms with Crippen LogP contribution in [-0.4, -0.2) is 42.7 Å². The fourth-order valence-corrected chi connectivity index (χ4v) is 4.49. The minimum Gasteiger partial charge on any atom is -0.481 e. The Morgan fingerprint density at radius 1 is 1.13 bits per heavy atom. The molecule has 0 aromatic heterocycles. The second-order valence-electron chi connectivity index (χ2n) is 8.64. The summed E-state index contributed by atoms with van der Waals surface area (Å²) >= 11 is 5.80. The van der Waals surface area contributed by atoms with Crippen molar-refractivity contribution in [1.29, 1.82) is 0 Å². The highest BCUT2D eigenvalue weighted by Gasteiger charge is 2.35. The van der Waals surface area contributed by atoms with Gasteiger partial charge in [0.05, 0.1) is 17.9 Å². The van der Waals surface area contributed by atoms with Gasteiger partial charge in [0.1, 0.15) is 18.2 Å². The van der Waals surface area contributed by atoms with Crippen LogP contribution in [0.5, 0.6) is 5.75 Å². The Bertz CT molecular complexity index is 1350. The highest BCUT2D eigenvalue weighted by molar-refractivity contribution is 6.34. The summed E-state index contributed by atoms with van der Waals surface area (Å²) in [4.78, 5) is 53.8. The number of amides is 3. The number of carbonyl (C=O) groups excluding carboxylic acids is 4. The molecule has 0 spiro atoms. The lowest BCUT2D eigenvalue weighted by molar-refractivity contribution is -0.141. The third-order valence-corrected chi connectivity index (χ3v) is 6.44. The molecule has 8 nitrogen and oxygen atoms in total. The lowest BCUT2D eigenvalue weighted by Crippen LogP contribution is -2.42. The summed E-state index contributed by atoms with van der Waals surface area (Å²) in [5, 5.41) is 0. The molecule has 1 aliphatic carbocycles. The van der Waals surface area contributed by atoms with Crippen LogP contribution in [0.3, 0.4) is 0 Å². The van der Waals surface area contributed by atoms with Crippen LogP contribution in [0.1, 0.15) is 31.2 Å². The van der Waals surface area contributed by atoms with E-state index in [0.29, 0.717) is 17.7 Å². The Labute approximate surface area is 223 Å². The van der Waals surface area contributed by atoms with Gasteiger partial charge < -0.3 is 9.47 Å². The van der Waals surface area contributed by atoms with E-state index < -0.39 is 41.1 Å². The predicted octanol–water partition coefficient (Wildman–Crippen LogP) is 3.90. The first kappa shape index (κ1) is 26.9. The van der Waals surface area contributed by atoms with Crippen LogP contribution in [0.4, 0.5) is 15.8 Å². The van der Waals surface area contributed by atoms with Gasteiger partial charge in [-0.2, -0.15) is 0 Å². The minimum absolute atomic E-state index is 0.00740. The number of imide groups is 1. The Morgan fingerprint density at radius 2 is 1.84 bits per heavy atom. The summed E-state index contributed by atoms with van der Waals surface area (Å²) in [6.45, 7) is -0.453. The molecule has 4 rings (SSSR count). The van der Waals surface area contributed by atoms with E-state index in [0.717, 1.165) is 17.7 Å². The fourth-order valence-electron chi connectivity index (χ4n) is 4.38. The summed E-state index contributed by atoms with van der Waals surface area (Å²) in [6.07, 6.45) is 7.07. The summed E-state index contributed by atoms with van der Waals surface area (Å²) in [5.41, 5.74) is 0.632. The molecule has 196 valence electrons. The van der Waals surface area contributed by atoms with Gasteiger partial charge >= 0.3 is 5.97 Å². The van der Waals surface area contributed by atoms with Gasteiger partial charge in [-0.05, 0) is 37.3 Å². The number of halogens is 2. The van der Waals surface area contributed by atoms with Crippen LogP contribution in [0.15, 0.2) is 53.6 Å². The van der Waals surface area contributed by atoms with Crippen LogP contribution >= 0.6 is 11.6 Å². The standard InChI is InChI=1S/C28H24ClFN2O6/c1-2-12-31-23-14-22(21(30)13-24(23)37-17-26(31)34)32(25(33)15-29)27(35)19-10-6-7-11-20(19)28(36)38-16-18-8-4-3-5-9-18/h1,3-5,8-9,13-14H,6-7,10-12,15-17H2. The van der Waals surface area contributed by atoms with E-state index in [1.54, 1.807) is 12.1 Å². The first-order valence-corrected chi connectivity index (χ1v) is 12.5. The van der Waals surface area contributed by atoms with Crippen molar-refractivity contribution in [3.8, 4) is 18.1 Å². The molecular weight excluding hydrogens is 515 g/mol. The third kappa shape index (κ3) is 5.55. The summed E-state index contributed by atoms with van der Waals surface area (Å²) < 4.78 is 26.1. The third-order valence-electron chi connectivity index (χ3n) is 6.21. The van der Waals surface area contributed by atoms with Crippen molar-refractivity contribution in [1.82, 2.24) is 0 Å². The van der Waals surface area contributed by atoms with E-state index in [1.807, 2.05) is 18.2 Å². The van der Waals surface area contributed by atoms with Gasteiger partial charge in [0.2, 0.25) is 5.91 Å². The molecule has 38 heavy (non-hydrogen) atoms. The number of hydrogen-bond acceptors (Lipinski definition) is 6. The quantitative estimate of drug-likeness (QED) is 0.302. The normalized spacial score (nSPS) is 14.8. The maximum absolute atomic E-state index is 15.3. The van der Waals surface area contributed by atoms with Crippen molar-refractivity contribution in [2.75, 3.05) is 28.8 Å². The molecule has 1 heterocycles. The molecule has 0 saturated carbocycles. The molecule has 0 saturated heterocycles. The SMILES string of the molecule is C#CCN1C(=O)COc2cc(F)c(N(C(=O)CCl)C(=O)C3=C(C(=O)OCc4ccccc4)CCCC3)cc21. The van der Waals surface area contributed by atoms with Gasteiger partial charge in [0.25, 0.3) is 11.8 Å². The molecule has 0 fully saturated rings. The monoisotopic (exact) mass is 538 g/mol. The number of carbonyl (C=O) groups is 4. The van der Waals surface area contributed by atoms with E-state index in [-0.39, 0.29) is 55.2 Å². The minimum atomic E-state index is -0.949. The molecule has 0 bridgehead atoms. The molecule has 0 unspecified atom stereocenters. The van der Waals surface area contributed by atoms with Gasteiger partial charge in [0, 0.05) is 17.2 Å². The van der Waals surface area contributed by atoms with Crippen LogP contribution in [0, 0.1) is 18.2 Å². The van der Waals surface area contributed by atoms with Gasteiger partial charge in [0.15, 0.2) is 12.4 Å². The second-order valence-corrected chi connectivity index (χ2v) is 8.91. The van der Waals surface area contributed by atoms with E-state index in [9.17, 15) is 19.2 Å². The first-order chi connectivity index (χ1) is 18.3. The summed E-state index contributed by atoms with van der Waals surface area (Å²) in [5.74, 6) is -2.13. The molecule has 10 heteroatoms. The molecule has 1 aliphatic heterocycles. The number of benzene rings is 2. The Balaban J connectivity index is 1.72. The Hall–Kier alpha value is -4.16. The topological polar surface area (TPSA) is 93.2 Å². The number of rotatable bonds is 7. The smallest absolute Gasteiger partial charge is 0.334 e. The average molecular weight is 539 g/mol. The molecule has 0 atom stereocenters. The largest absolute Gasteiger partial charge is 0.481 e. The lowest BCUT2D eigenvalue weighted by Gasteiger charge is -2.30. The first-order valence-electron chi connectivity index (χ1n) is 11.9. The fraction of sp³-hybridized carbons (Fsp3) is 0.286. The molecule has 2 aromatic carbocycles. The van der Waals surface area contributed by atoms with Crippen molar-refractivity contribution in [2.45, 2.75) is 32.3 Å². The molecule has 0 N–H and O–H groups in total. The Kier molecular flexibility index (Phi) is 8.44. The molecule has 2 aliphatic rings. The van der Waals surface area contributed by atoms with Crippen LogP contribution < -0.4 is 14.5 Å². The Morgan fingerprint density at radius 3 is 2.53 bits per heavy atom. The average Bonchev–Trinajstić information content (AvgIpc) is 2.94. The summed E-state index contributed by atoms with van der Waals surface area (Å²) in [6, 6.07) is 11.2. The van der Waals surface area contributed by atoms with Gasteiger partial charge in [-0.15, -0.1) is 18.0 Å². The molecular formula is C28H24ClFN2O6. The van der Waals surface area contributed by atoms with Crippen molar-refractivity contribution in [2.24, 2.45) is 0 Å². The van der Waals surface area contributed by atoms with Crippen molar-refractivity contribution in [3.63, 3.8) is 0 Å². The van der Waals surface area contributed by atoms with Gasteiger partial charge in [-0.1, -0.05) is 36.3 Å². The highest BCUT2D eigenvalue weighted by atomic mass is 35.5. The zero-order chi connectivity index (χ0) is 27.2.